The van der Waals surface area contributed by atoms with Gasteiger partial charge in [0.15, 0.2) is 0 Å². The normalized spacial score (nSPS) is 10.7. The molecule has 0 bridgehead atoms. The highest BCUT2D eigenvalue weighted by molar-refractivity contribution is 7.87. The molecule has 0 N–H and O–H groups in total. The molecule has 156 valence electrons. The van der Waals surface area contributed by atoms with E-state index in [4.69, 9.17) is 14.2 Å². The lowest BCUT2D eigenvalue weighted by Gasteiger charge is -2.08. The van der Waals surface area contributed by atoms with Gasteiger partial charge in [0.25, 0.3) is 5.69 Å². The highest BCUT2D eigenvalue weighted by Crippen LogP contribution is 2.22. The number of non-ortho nitro benzene ring substituents is 1. The number of nitro groups is 1. The van der Waals surface area contributed by atoms with Crippen molar-refractivity contribution < 1.29 is 27.1 Å². The molecule has 0 saturated heterocycles. The first kappa shape index (κ1) is 21.5. The van der Waals surface area contributed by atoms with E-state index in [0.29, 0.717) is 11.1 Å². The Kier molecular flexibility index (Phi) is 6.28. The van der Waals surface area contributed by atoms with Crippen molar-refractivity contribution >= 4 is 21.8 Å². The molecule has 0 fully saturated rings. The Labute approximate surface area is 177 Å². The lowest BCUT2D eigenvalue weighted by Crippen LogP contribution is -2.10. The SMILES string of the molecule is N#Cc1cccc(COC(=O)c2ccc(OS(=O)(=O)c3cccc([N+](=O)[O-])c3)cc2)c1. The van der Waals surface area contributed by atoms with Gasteiger partial charge in [0.05, 0.1) is 22.1 Å². The first-order chi connectivity index (χ1) is 14.8. The molecule has 3 rings (SSSR count). The standard InChI is InChI=1S/C21H14N2O7S/c22-13-15-3-1-4-16(11-15)14-29-21(24)17-7-9-19(10-8-17)30-31(27,28)20-6-2-5-18(12-20)23(25)26/h1-12H,14H2. The number of rotatable bonds is 7. The molecule has 0 aliphatic carbocycles. The molecule has 10 heteroatoms. The zero-order chi connectivity index (χ0) is 22.4. The molecule has 0 radical (unpaired) electrons. The second-order valence-corrected chi connectivity index (χ2v) is 7.75. The number of ether oxygens (including phenoxy) is 1. The summed E-state index contributed by atoms with van der Waals surface area (Å²) in [6.45, 7) is -0.0340. The molecule has 0 unspecified atom stereocenters. The minimum atomic E-state index is -4.30. The van der Waals surface area contributed by atoms with Crippen LogP contribution in [-0.4, -0.2) is 19.3 Å². The van der Waals surface area contributed by atoms with Gasteiger partial charge in [-0.3, -0.25) is 10.1 Å². The summed E-state index contributed by atoms with van der Waals surface area (Å²) < 4.78 is 34.9. The molecule has 9 nitrogen and oxygen atoms in total. The average Bonchev–Trinajstić information content (AvgIpc) is 2.78. The van der Waals surface area contributed by atoms with Crippen LogP contribution in [0.3, 0.4) is 0 Å². The van der Waals surface area contributed by atoms with E-state index in [-0.39, 0.29) is 28.5 Å². The van der Waals surface area contributed by atoms with E-state index in [2.05, 4.69) is 0 Å². The van der Waals surface area contributed by atoms with Gasteiger partial charge in [0.1, 0.15) is 17.3 Å². The lowest BCUT2D eigenvalue weighted by atomic mass is 10.1. The zero-order valence-electron chi connectivity index (χ0n) is 15.8. The van der Waals surface area contributed by atoms with Gasteiger partial charge in [-0.25, -0.2) is 4.79 Å². The molecule has 0 spiro atoms. The molecule has 0 aliphatic rings. The molecule has 3 aromatic rings. The Hall–Kier alpha value is -4.23. The van der Waals surface area contributed by atoms with Gasteiger partial charge < -0.3 is 8.92 Å². The van der Waals surface area contributed by atoms with Crippen LogP contribution in [0.15, 0.2) is 77.7 Å². The number of benzene rings is 3. The van der Waals surface area contributed by atoms with Crippen molar-refractivity contribution in [3.8, 4) is 11.8 Å². The van der Waals surface area contributed by atoms with Gasteiger partial charge in [0, 0.05) is 12.1 Å². The van der Waals surface area contributed by atoms with E-state index >= 15 is 0 Å². The largest absolute Gasteiger partial charge is 0.457 e. The first-order valence-electron chi connectivity index (χ1n) is 8.74. The van der Waals surface area contributed by atoms with Crippen LogP contribution in [0.25, 0.3) is 0 Å². The third kappa shape index (κ3) is 5.43. The van der Waals surface area contributed by atoms with Crippen molar-refractivity contribution in [3.63, 3.8) is 0 Å². The van der Waals surface area contributed by atoms with Crippen molar-refractivity contribution in [3.05, 3.63) is 99.6 Å². The van der Waals surface area contributed by atoms with Gasteiger partial charge >= 0.3 is 16.1 Å². The minimum Gasteiger partial charge on any atom is -0.457 e. The van der Waals surface area contributed by atoms with Crippen molar-refractivity contribution in [2.45, 2.75) is 11.5 Å². The summed E-state index contributed by atoms with van der Waals surface area (Å²) in [7, 11) is -4.30. The summed E-state index contributed by atoms with van der Waals surface area (Å²) in [4.78, 5) is 21.9. The number of nitro benzene ring substituents is 1. The van der Waals surface area contributed by atoms with Gasteiger partial charge in [-0.05, 0) is 48.0 Å². The summed E-state index contributed by atoms with van der Waals surface area (Å²) >= 11 is 0. The maximum absolute atomic E-state index is 12.3. The highest BCUT2D eigenvalue weighted by Gasteiger charge is 2.20. The Morgan fingerprint density at radius 3 is 2.42 bits per heavy atom. The predicted octanol–water partition coefficient (Wildman–Crippen LogP) is 3.59. The maximum atomic E-state index is 12.3. The fourth-order valence-electron chi connectivity index (χ4n) is 2.54. The summed E-state index contributed by atoms with van der Waals surface area (Å²) in [6.07, 6.45) is 0. The van der Waals surface area contributed by atoms with Crippen molar-refractivity contribution in [1.82, 2.24) is 0 Å². The number of hydrogen-bond acceptors (Lipinski definition) is 8. The number of nitriles is 1. The summed E-state index contributed by atoms with van der Waals surface area (Å²) in [5.41, 5.74) is 0.870. The quantitative estimate of drug-likeness (QED) is 0.236. The van der Waals surface area contributed by atoms with Crippen LogP contribution in [0.2, 0.25) is 0 Å². The van der Waals surface area contributed by atoms with E-state index in [1.807, 2.05) is 6.07 Å². The first-order valence-corrected chi connectivity index (χ1v) is 10.1. The third-order valence-electron chi connectivity index (χ3n) is 4.04. The molecule has 0 aromatic heterocycles. The van der Waals surface area contributed by atoms with E-state index in [1.54, 1.807) is 24.3 Å². The third-order valence-corrected chi connectivity index (χ3v) is 5.28. The maximum Gasteiger partial charge on any atom is 0.339 e. The number of carbonyl (C=O) groups excluding carboxylic acids is 1. The number of nitrogens with zero attached hydrogens (tertiary/aromatic N) is 2. The van der Waals surface area contributed by atoms with Crippen molar-refractivity contribution in [2.24, 2.45) is 0 Å². The molecule has 31 heavy (non-hydrogen) atoms. The molecule has 3 aromatic carbocycles. The van der Waals surface area contributed by atoms with Crippen LogP contribution in [0.5, 0.6) is 5.75 Å². The monoisotopic (exact) mass is 438 g/mol. The van der Waals surface area contributed by atoms with E-state index in [9.17, 15) is 23.3 Å². The van der Waals surface area contributed by atoms with Gasteiger partial charge in [-0.2, -0.15) is 13.7 Å². The van der Waals surface area contributed by atoms with Crippen molar-refractivity contribution in [2.75, 3.05) is 0 Å². The van der Waals surface area contributed by atoms with E-state index in [0.717, 1.165) is 12.1 Å². The zero-order valence-corrected chi connectivity index (χ0v) is 16.6. The van der Waals surface area contributed by atoms with E-state index < -0.39 is 21.0 Å². The number of hydrogen-bond donors (Lipinski definition) is 0. The van der Waals surface area contributed by atoms with Crippen molar-refractivity contribution in [1.29, 1.82) is 5.26 Å². The Balaban J connectivity index is 1.66. The van der Waals surface area contributed by atoms with Crippen LogP contribution in [0.1, 0.15) is 21.5 Å². The minimum absolute atomic E-state index is 0.0340. The van der Waals surface area contributed by atoms with Gasteiger partial charge in [0.2, 0.25) is 0 Å². The van der Waals surface area contributed by atoms with E-state index in [1.165, 1.54) is 36.4 Å². The van der Waals surface area contributed by atoms with Crippen LogP contribution in [-0.2, 0) is 21.5 Å². The fourth-order valence-corrected chi connectivity index (χ4v) is 3.51. The Bertz CT molecular complexity index is 1280. The molecule has 0 saturated carbocycles. The van der Waals surface area contributed by atoms with Gasteiger partial charge in [-0.1, -0.05) is 18.2 Å². The molecule has 0 amide bonds. The number of carbonyl (C=O) groups is 1. The molecule has 0 aliphatic heterocycles. The molecular formula is C21H14N2O7S. The Morgan fingerprint density at radius 2 is 1.74 bits per heavy atom. The highest BCUT2D eigenvalue weighted by atomic mass is 32.2. The molecular weight excluding hydrogens is 424 g/mol. The summed E-state index contributed by atoms with van der Waals surface area (Å²) in [5, 5.41) is 19.7. The second kappa shape index (κ2) is 9.06. The molecule has 0 heterocycles. The smallest absolute Gasteiger partial charge is 0.339 e. The number of esters is 1. The fraction of sp³-hybridized carbons (Fsp3) is 0.0476. The van der Waals surface area contributed by atoms with Gasteiger partial charge in [-0.15, -0.1) is 0 Å². The lowest BCUT2D eigenvalue weighted by molar-refractivity contribution is -0.385. The summed E-state index contributed by atoms with van der Waals surface area (Å²) in [6, 6.07) is 18.3. The van der Waals surface area contributed by atoms with Crippen LogP contribution in [0, 0.1) is 21.4 Å². The van der Waals surface area contributed by atoms with Crippen LogP contribution >= 0.6 is 0 Å². The Morgan fingerprint density at radius 1 is 1.03 bits per heavy atom. The van der Waals surface area contributed by atoms with Crippen LogP contribution < -0.4 is 4.18 Å². The topological polar surface area (TPSA) is 137 Å². The van der Waals surface area contributed by atoms with Crippen LogP contribution in [0.4, 0.5) is 5.69 Å². The molecule has 0 atom stereocenters. The summed E-state index contributed by atoms with van der Waals surface area (Å²) in [5.74, 6) is -0.722. The second-order valence-electron chi connectivity index (χ2n) is 6.20. The predicted molar refractivity (Wildman–Crippen MR) is 108 cm³/mol. The average molecular weight is 438 g/mol.